The number of carbonyl (C=O) groups excluding carboxylic acids is 1. The lowest BCUT2D eigenvalue weighted by Gasteiger charge is -2.17. The highest BCUT2D eigenvalue weighted by molar-refractivity contribution is 5.76. The second-order valence-corrected chi connectivity index (χ2v) is 4.84. The fraction of sp³-hybridized carbons (Fsp3) is 0.909. The van der Waals surface area contributed by atoms with E-state index >= 15 is 0 Å². The average molecular weight is 200 g/mol. The molecule has 14 heavy (non-hydrogen) atoms. The molecule has 0 aliphatic rings. The van der Waals surface area contributed by atoms with Gasteiger partial charge in [0, 0.05) is 19.5 Å². The van der Waals surface area contributed by atoms with E-state index in [0.29, 0.717) is 6.42 Å². The first-order chi connectivity index (χ1) is 6.45. The zero-order chi connectivity index (χ0) is 11.0. The molecule has 0 aliphatic heterocycles. The van der Waals surface area contributed by atoms with E-state index in [-0.39, 0.29) is 11.3 Å². The van der Waals surface area contributed by atoms with E-state index in [1.165, 1.54) is 0 Å². The molecule has 0 aromatic rings. The lowest BCUT2D eigenvalue weighted by molar-refractivity contribution is -0.122. The Morgan fingerprint density at radius 2 is 1.79 bits per heavy atom. The molecule has 0 aliphatic carbocycles. The third-order valence-corrected chi connectivity index (χ3v) is 1.74. The van der Waals surface area contributed by atoms with Crippen LogP contribution in [0, 0.1) is 5.41 Å². The van der Waals surface area contributed by atoms with Crippen LogP contribution in [0.25, 0.3) is 0 Å². The highest BCUT2D eigenvalue weighted by Gasteiger charge is 2.14. The minimum atomic E-state index is 0.0843. The van der Waals surface area contributed by atoms with Crippen LogP contribution < -0.4 is 10.6 Å². The summed E-state index contributed by atoms with van der Waals surface area (Å²) in [5.41, 5.74) is 0.0843. The fourth-order valence-electron chi connectivity index (χ4n) is 1.14. The second-order valence-electron chi connectivity index (χ2n) is 4.84. The van der Waals surface area contributed by atoms with Gasteiger partial charge in [-0.2, -0.15) is 0 Å². The van der Waals surface area contributed by atoms with Gasteiger partial charge in [0.2, 0.25) is 5.91 Å². The van der Waals surface area contributed by atoms with Crippen LogP contribution in [0.4, 0.5) is 0 Å². The summed E-state index contributed by atoms with van der Waals surface area (Å²) in [5.74, 6) is 0.149. The molecule has 3 nitrogen and oxygen atoms in total. The average Bonchev–Trinajstić information content (AvgIpc) is 2.00. The standard InChI is InChI=1S/C11H24N2O/c1-5-6-12-7-8-13-10(14)9-11(2,3)4/h12H,5-9H2,1-4H3,(H,13,14). The van der Waals surface area contributed by atoms with Crippen LogP contribution in [0.3, 0.4) is 0 Å². The zero-order valence-electron chi connectivity index (χ0n) is 9.94. The molecule has 0 aromatic carbocycles. The first-order valence-electron chi connectivity index (χ1n) is 5.43. The van der Waals surface area contributed by atoms with Crippen molar-refractivity contribution in [2.45, 2.75) is 40.5 Å². The van der Waals surface area contributed by atoms with Crippen LogP contribution in [0.15, 0.2) is 0 Å². The molecule has 1 amide bonds. The molecule has 84 valence electrons. The molecule has 0 saturated heterocycles. The summed E-state index contributed by atoms with van der Waals surface area (Å²) in [6.45, 7) is 11.0. The number of hydrogen-bond acceptors (Lipinski definition) is 2. The van der Waals surface area contributed by atoms with Gasteiger partial charge in [-0.15, -0.1) is 0 Å². The maximum Gasteiger partial charge on any atom is 0.220 e. The van der Waals surface area contributed by atoms with Gasteiger partial charge >= 0.3 is 0 Å². The molecule has 0 bridgehead atoms. The normalized spacial score (nSPS) is 11.4. The van der Waals surface area contributed by atoms with Gasteiger partial charge in [0.1, 0.15) is 0 Å². The van der Waals surface area contributed by atoms with Gasteiger partial charge < -0.3 is 10.6 Å². The van der Waals surface area contributed by atoms with E-state index in [1.54, 1.807) is 0 Å². The Balaban J connectivity index is 3.36. The van der Waals surface area contributed by atoms with Gasteiger partial charge in [-0.1, -0.05) is 27.7 Å². The van der Waals surface area contributed by atoms with Gasteiger partial charge in [-0.05, 0) is 18.4 Å². The number of amides is 1. The van der Waals surface area contributed by atoms with E-state index in [2.05, 4.69) is 38.3 Å². The van der Waals surface area contributed by atoms with Gasteiger partial charge in [0.05, 0.1) is 0 Å². The van der Waals surface area contributed by atoms with Gasteiger partial charge in [0.15, 0.2) is 0 Å². The van der Waals surface area contributed by atoms with Gasteiger partial charge in [-0.25, -0.2) is 0 Å². The summed E-state index contributed by atoms with van der Waals surface area (Å²) in [6.07, 6.45) is 1.73. The van der Waals surface area contributed by atoms with E-state index in [9.17, 15) is 4.79 Å². The molecular weight excluding hydrogens is 176 g/mol. The van der Waals surface area contributed by atoms with Crippen molar-refractivity contribution in [3.05, 3.63) is 0 Å². The van der Waals surface area contributed by atoms with Gasteiger partial charge in [0.25, 0.3) is 0 Å². The Kier molecular flexibility index (Phi) is 6.54. The third-order valence-electron chi connectivity index (χ3n) is 1.74. The van der Waals surface area contributed by atoms with Crippen molar-refractivity contribution in [1.29, 1.82) is 0 Å². The highest BCUT2D eigenvalue weighted by Crippen LogP contribution is 2.17. The van der Waals surface area contributed by atoms with E-state index in [0.717, 1.165) is 26.1 Å². The zero-order valence-corrected chi connectivity index (χ0v) is 9.94. The van der Waals surface area contributed by atoms with E-state index < -0.39 is 0 Å². The third kappa shape index (κ3) is 9.52. The molecule has 0 fully saturated rings. The largest absolute Gasteiger partial charge is 0.355 e. The Morgan fingerprint density at radius 1 is 1.14 bits per heavy atom. The predicted molar refractivity (Wildman–Crippen MR) is 60.2 cm³/mol. The van der Waals surface area contributed by atoms with Crippen molar-refractivity contribution in [2.24, 2.45) is 5.41 Å². The number of rotatable bonds is 6. The molecule has 0 radical (unpaired) electrons. The van der Waals surface area contributed by atoms with Crippen molar-refractivity contribution in [1.82, 2.24) is 10.6 Å². The van der Waals surface area contributed by atoms with Crippen LogP contribution in [0.5, 0.6) is 0 Å². The Bertz CT molecular complexity index is 161. The number of hydrogen-bond donors (Lipinski definition) is 2. The van der Waals surface area contributed by atoms with Gasteiger partial charge in [-0.3, -0.25) is 4.79 Å². The number of nitrogens with one attached hydrogen (secondary N) is 2. The molecule has 0 saturated carbocycles. The van der Waals surface area contributed by atoms with Crippen molar-refractivity contribution in [3.8, 4) is 0 Å². The van der Waals surface area contributed by atoms with Crippen LogP contribution >= 0.6 is 0 Å². The number of carbonyl (C=O) groups is 1. The lowest BCUT2D eigenvalue weighted by Crippen LogP contribution is -2.33. The Hall–Kier alpha value is -0.570. The second kappa shape index (κ2) is 6.82. The topological polar surface area (TPSA) is 41.1 Å². The van der Waals surface area contributed by atoms with Crippen molar-refractivity contribution in [2.75, 3.05) is 19.6 Å². The molecule has 0 unspecified atom stereocenters. The maximum atomic E-state index is 11.4. The summed E-state index contributed by atoms with van der Waals surface area (Å²) in [4.78, 5) is 11.4. The molecule has 0 aromatic heterocycles. The van der Waals surface area contributed by atoms with E-state index in [4.69, 9.17) is 0 Å². The van der Waals surface area contributed by atoms with Crippen molar-refractivity contribution >= 4 is 5.91 Å². The summed E-state index contributed by atoms with van der Waals surface area (Å²) < 4.78 is 0. The Morgan fingerprint density at radius 3 is 2.29 bits per heavy atom. The first kappa shape index (κ1) is 13.4. The quantitative estimate of drug-likeness (QED) is 0.639. The Labute approximate surface area is 87.6 Å². The molecular formula is C11H24N2O. The SMILES string of the molecule is CCCNCCNC(=O)CC(C)(C)C. The maximum absolute atomic E-state index is 11.4. The monoisotopic (exact) mass is 200 g/mol. The van der Waals surface area contributed by atoms with Crippen LogP contribution in [-0.2, 0) is 4.79 Å². The first-order valence-corrected chi connectivity index (χ1v) is 5.43. The summed E-state index contributed by atoms with van der Waals surface area (Å²) >= 11 is 0. The van der Waals surface area contributed by atoms with Crippen LogP contribution in [0.1, 0.15) is 40.5 Å². The molecule has 0 atom stereocenters. The summed E-state index contributed by atoms with van der Waals surface area (Å²) in [7, 11) is 0. The minimum Gasteiger partial charge on any atom is -0.355 e. The minimum absolute atomic E-state index is 0.0843. The summed E-state index contributed by atoms with van der Waals surface area (Å²) in [5, 5.41) is 6.14. The summed E-state index contributed by atoms with van der Waals surface area (Å²) in [6, 6.07) is 0. The molecule has 2 N–H and O–H groups in total. The van der Waals surface area contributed by atoms with Crippen LogP contribution in [0.2, 0.25) is 0 Å². The highest BCUT2D eigenvalue weighted by atomic mass is 16.1. The van der Waals surface area contributed by atoms with Crippen LogP contribution in [-0.4, -0.2) is 25.5 Å². The molecule has 0 heterocycles. The fourth-order valence-corrected chi connectivity index (χ4v) is 1.14. The predicted octanol–water partition coefficient (Wildman–Crippen LogP) is 1.54. The smallest absolute Gasteiger partial charge is 0.220 e. The molecule has 3 heteroatoms. The molecule has 0 spiro atoms. The lowest BCUT2D eigenvalue weighted by atomic mass is 9.92. The van der Waals surface area contributed by atoms with Crippen molar-refractivity contribution in [3.63, 3.8) is 0 Å². The van der Waals surface area contributed by atoms with E-state index in [1.807, 2.05) is 0 Å². The van der Waals surface area contributed by atoms with Crippen molar-refractivity contribution < 1.29 is 4.79 Å². The molecule has 0 rings (SSSR count).